The highest BCUT2D eigenvalue weighted by Gasteiger charge is 2.08. The zero-order chi connectivity index (χ0) is 9.30. The van der Waals surface area contributed by atoms with Gasteiger partial charge in [-0.15, -0.1) is 0 Å². The van der Waals surface area contributed by atoms with Gasteiger partial charge in [-0.3, -0.25) is 4.79 Å². The Balaban J connectivity index is 3.33. The monoisotopic (exact) mass is 231 g/mol. The summed E-state index contributed by atoms with van der Waals surface area (Å²) < 4.78 is 13.3. The van der Waals surface area contributed by atoms with E-state index in [1.54, 1.807) is 0 Å². The highest BCUT2D eigenvalue weighted by Crippen LogP contribution is 2.22. The van der Waals surface area contributed by atoms with Gasteiger partial charge in [0, 0.05) is 10.0 Å². The molecule has 64 valence electrons. The number of hydrogen-bond acceptors (Lipinski definition) is 2. The Morgan fingerprint density at radius 3 is 2.67 bits per heavy atom. The summed E-state index contributed by atoms with van der Waals surface area (Å²) in [6.45, 7) is 1.37. The summed E-state index contributed by atoms with van der Waals surface area (Å²) in [4.78, 5) is 10.9. The maximum absolute atomic E-state index is 12.8. The molecule has 2 nitrogen and oxygen atoms in total. The topological polar surface area (TPSA) is 43.1 Å². The molecule has 0 spiro atoms. The van der Waals surface area contributed by atoms with Crippen molar-refractivity contribution < 1.29 is 9.18 Å². The SMILES string of the molecule is CC(=O)c1cc(F)c(N)cc1Br. The molecule has 12 heavy (non-hydrogen) atoms. The molecule has 4 heteroatoms. The van der Waals surface area contributed by atoms with Crippen LogP contribution in [0.1, 0.15) is 17.3 Å². The number of anilines is 1. The number of ketones is 1. The summed E-state index contributed by atoms with van der Waals surface area (Å²) in [6, 6.07) is 2.51. The lowest BCUT2D eigenvalue weighted by molar-refractivity contribution is 0.101. The Hall–Kier alpha value is -0.900. The van der Waals surface area contributed by atoms with Crippen molar-refractivity contribution >= 4 is 27.4 Å². The molecule has 1 aromatic carbocycles. The first kappa shape index (κ1) is 9.19. The number of hydrogen-bond donors (Lipinski definition) is 1. The summed E-state index contributed by atoms with van der Waals surface area (Å²) in [7, 11) is 0. The Labute approximate surface area is 77.7 Å². The average Bonchev–Trinajstić information content (AvgIpc) is 1.96. The lowest BCUT2D eigenvalue weighted by Crippen LogP contribution is -1.98. The van der Waals surface area contributed by atoms with Gasteiger partial charge in [0.05, 0.1) is 5.69 Å². The molecule has 0 bridgehead atoms. The predicted molar refractivity (Wildman–Crippen MR) is 48.5 cm³/mol. The van der Waals surface area contributed by atoms with Gasteiger partial charge in [0.2, 0.25) is 0 Å². The van der Waals surface area contributed by atoms with E-state index >= 15 is 0 Å². The molecule has 0 radical (unpaired) electrons. The molecule has 0 heterocycles. The highest BCUT2D eigenvalue weighted by molar-refractivity contribution is 9.10. The van der Waals surface area contributed by atoms with Gasteiger partial charge in [-0.2, -0.15) is 0 Å². The third kappa shape index (κ3) is 1.64. The minimum absolute atomic E-state index is 0.0341. The van der Waals surface area contributed by atoms with Crippen molar-refractivity contribution in [2.75, 3.05) is 5.73 Å². The molecule has 1 rings (SSSR count). The smallest absolute Gasteiger partial charge is 0.161 e. The van der Waals surface area contributed by atoms with E-state index in [0.717, 1.165) is 6.07 Å². The van der Waals surface area contributed by atoms with E-state index in [1.807, 2.05) is 0 Å². The fourth-order valence-electron chi connectivity index (χ4n) is 0.832. The molecule has 0 unspecified atom stereocenters. The number of rotatable bonds is 1. The number of nitrogens with two attached hydrogens (primary N) is 1. The molecule has 0 amide bonds. The van der Waals surface area contributed by atoms with Crippen LogP contribution >= 0.6 is 15.9 Å². The summed E-state index contributed by atoms with van der Waals surface area (Å²) in [5.74, 6) is -0.760. The Morgan fingerprint density at radius 2 is 2.17 bits per heavy atom. The van der Waals surface area contributed by atoms with Crippen LogP contribution in [-0.2, 0) is 0 Å². The molecule has 0 aliphatic carbocycles. The number of nitrogen functional groups attached to an aromatic ring is 1. The summed E-state index contributed by atoms with van der Waals surface area (Å²) in [5, 5.41) is 0. The van der Waals surface area contributed by atoms with E-state index in [4.69, 9.17) is 5.73 Å². The van der Waals surface area contributed by atoms with Crippen molar-refractivity contribution in [2.45, 2.75) is 6.92 Å². The van der Waals surface area contributed by atoms with Crippen LogP contribution in [0.4, 0.5) is 10.1 Å². The van der Waals surface area contributed by atoms with Gasteiger partial charge >= 0.3 is 0 Å². The van der Waals surface area contributed by atoms with Crippen molar-refractivity contribution in [1.82, 2.24) is 0 Å². The molecule has 0 atom stereocenters. The summed E-state index contributed by atoms with van der Waals surface area (Å²) in [6.07, 6.45) is 0. The second-order valence-electron chi connectivity index (χ2n) is 2.41. The fraction of sp³-hybridized carbons (Fsp3) is 0.125. The normalized spacial score (nSPS) is 9.92. The van der Waals surface area contributed by atoms with Crippen LogP contribution in [0.3, 0.4) is 0 Å². The first-order chi connectivity index (χ1) is 5.52. The first-order valence-corrected chi connectivity index (χ1v) is 4.07. The van der Waals surface area contributed by atoms with Gasteiger partial charge in [-0.1, -0.05) is 0 Å². The maximum atomic E-state index is 12.8. The van der Waals surface area contributed by atoms with Crippen molar-refractivity contribution in [3.05, 3.63) is 28.0 Å². The van der Waals surface area contributed by atoms with Crippen molar-refractivity contribution in [1.29, 1.82) is 0 Å². The van der Waals surface area contributed by atoms with E-state index in [-0.39, 0.29) is 11.5 Å². The summed E-state index contributed by atoms with van der Waals surface area (Å²) in [5.41, 5.74) is 5.61. The first-order valence-electron chi connectivity index (χ1n) is 3.28. The van der Waals surface area contributed by atoms with Gasteiger partial charge in [0.25, 0.3) is 0 Å². The molecular weight excluding hydrogens is 225 g/mol. The van der Waals surface area contributed by atoms with Gasteiger partial charge in [-0.25, -0.2) is 4.39 Å². The van der Waals surface area contributed by atoms with Gasteiger partial charge in [0.1, 0.15) is 5.82 Å². The number of carbonyl (C=O) groups is 1. The van der Waals surface area contributed by atoms with Crippen molar-refractivity contribution in [3.8, 4) is 0 Å². The number of halogens is 2. The van der Waals surface area contributed by atoms with Crippen LogP contribution in [0.5, 0.6) is 0 Å². The predicted octanol–water partition coefficient (Wildman–Crippen LogP) is 2.37. The van der Waals surface area contributed by atoms with Gasteiger partial charge in [0.15, 0.2) is 5.78 Å². The highest BCUT2D eigenvalue weighted by atomic mass is 79.9. The van der Waals surface area contributed by atoms with Crippen molar-refractivity contribution in [3.63, 3.8) is 0 Å². The Kier molecular flexibility index (Phi) is 2.47. The van der Waals surface area contributed by atoms with E-state index in [0.29, 0.717) is 10.0 Å². The molecule has 0 fully saturated rings. The number of benzene rings is 1. The zero-order valence-corrected chi connectivity index (χ0v) is 7.98. The second kappa shape index (κ2) is 3.23. The third-order valence-electron chi connectivity index (χ3n) is 1.47. The Bertz CT molecular complexity index is 338. The molecule has 1 aromatic rings. The summed E-state index contributed by atoms with van der Waals surface area (Å²) >= 11 is 3.11. The molecule has 0 aliphatic heterocycles. The minimum atomic E-state index is -0.566. The standard InChI is InChI=1S/C8H7BrFNO/c1-4(12)5-2-7(10)8(11)3-6(5)9/h2-3H,11H2,1H3. The van der Waals surface area contributed by atoms with Gasteiger partial charge in [-0.05, 0) is 35.0 Å². The minimum Gasteiger partial charge on any atom is -0.396 e. The maximum Gasteiger partial charge on any atom is 0.161 e. The molecule has 0 aromatic heterocycles. The lowest BCUT2D eigenvalue weighted by atomic mass is 10.1. The number of Topliss-reactive ketones (excluding diaryl/α,β-unsaturated/α-hetero) is 1. The molecule has 2 N–H and O–H groups in total. The van der Waals surface area contributed by atoms with Crippen LogP contribution in [0.25, 0.3) is 0 Å². The van der Waals surface area contributed by atoms with Crippen LogP contribution in [-0.4, -0.2) is 5.78 Å². The van der Waals surface area contributed by atoms with Crippen LogP contribution in [0.15, 0.2) is 16.6 Å². The van der Waals surface area contributed by atoms with Crippen molar-refractivity contribution in [2.24, 2.45) is 0 Å². The molecule has 0 saturated heterocycles. The number of carbonyl (C=O) groups excluding carboxylic acids is 1. The Morgan fingerprint density at radius 1 is 1.58 bits per heavy atom. The van der Waals surface area contributed by atoms with E-state index < -0.39 is 5.82 Å². The van der Waals surface area contributed by atoms with Crippen LogP contribution < -0.4 is 5.73 Å². The molecule has 0 aliphatic rings. The second-order valence-corrected chi connectivity index (χ2v) is 3.26. The molecule has 0 saturated carbocycles. The molecular formula is C8H7BrFNO. The average molecular weight is 232 g/mol. The largest absolute Gasteiger partial charge is 0.396 e. The third-order valence-corrected chi connectivity index (χ3v) is 2.12. The van der Waals surface area contributed by atoms with Crippen LogP contribution in [0, 0.1) is 5.82 Å². The fourth-order valence-corrected chi connectivity index (χ4v) is 1.47. The quantitative estimate of drug-likeness (QED) is 0.596. The van der Waals surface area contributed by atoms with Gasteiger partial charge < -0.3 is 5.73 Å². The van der Waals surface area contributed by atoms with E-state index in [2.05, 4.69) is 15.9 Å². The lowest BCUT2D eigenvalue weighted by Gasteiger charge is -2.02. The van der Waals surface area contributed by atoms with E-state index in [9.17, 15) is 9.18 Å². The van der Waals surface area contributed by atoms with E-state index in [1.165, 1.54) is 13.0 Å². The van der Waals surface area contributed by atoms with Crippen LogP contribution in [0.2, 0.25) is 0 Å². The zero-order valence-electron chi connectivity index (χ0n) is 6.40.